The first-order valence-electron chi connectivity index (χ1n) is 10.0. The van der Waals surface area contributed by atoms with Gasteiger partial charge >= 0.3 is 5.97 Å². The van der Waals surface area contributed by atoms with E-state index in [0.717, 1.165) is 16.7 Å². The molecule has 0 spiro atoms. The van der Waals surface area contributed by atoms with E-state index >= 15 is 0 Å². The van der Waals surface area contributed by atoms with E-state index in [2.05, 4.69) is 16.2 Å². The quantitative estimate of drug-likeness (QED) is 0.596. The van der Waals surface area contributed by atoms with Crippen LogP contribution in [0.25, 0.3) is 22.8 Å². The molecule has 0 saturated heterocycles. The van der Waals surface area contributed by atoms with Gasteiger partial charge in [-0.1, -0.05) is 23.4 Å². The molecule has 0 aliphatic carbocycles. The molecular weight excluding hydrogens is 432 g/mol. The van der Waals surface area contributed by atoms with Crippen molar-refractivity contribution in [2.45, 2.75) is 32.9 Å². The van der Waals surface area contributed by atoms with Gasteiger partial charge in [0, 0.05) is 24.2 Å². The molecule has 0 saturated carbocycles. The van der Waals surface area contributed by atoms with Gasteiger partial charge in [-0.25, -0.2) is 0 Å². The van der Waals surface area contributed by atoms with Crippen LogP contribution in [-0.2, 0) is 17.8 Å². The fourth-order valence-corrected chi connectivity index (χ4v) is 3.76. The van der Waals surface area contributed by atoms with E-state index in [9.17, 15) is 10.1 Å². The largest absolute Gasteiger partial charge is 0.490 e. The number of nitriles is 1. The lowest BCUT2D eigenvalue weighted by Gasteiger charge is -2.28. The number of halogens is 1. The number of fused-ring (bicyclic) bond motifs is 1. The average molecular weight is 455 g/mol. The molecule has 166 valence electrons. The summed E-state index contributed by atoms with van der Waals surface area (Å²) in [5, 5.41) is 22.7. The van der Waals surface area contributed by atoms with Crippen LogP contribution in [-0.4, -0.2) is 45.3 Å². The highest BCUT2D eigenvalue weighted by Crippen LogP contribution is 2.31. The molecule has 32 heavy (non-hydrogen) atoms. The van der Waals surface area contributed by atoms with Crippen LogP contribution < -0.4 is 4.74 Å². The second-order valence-corrected chi connectivity index (χ2v) is 7.71. The molecule has 0 amide bonds. The van der Waals surface area contributed by atoms with E-state index in [4.69, 9.17) is 14.4 Å². The van der Waals surface area contributed by atoms with Crippen molar-refractivity contribution in [1.82, 2.24) is 15.0 Å². The monoisotopic (exact) mass is 454 g/mol. The van der Waals surface area contributed by atoms with Gasteiger partial charge in [0.1, 0.15) is 11.8 Å². The summed E-state index contributed by atoms with van der Waals surface area (Å²) in [4.78, 5) is 17.5. The van der Waals surface area contributed by atoms with Gasteiger partial charge in [0.15, 0.2) is 0 Å². The third kappa shape index (κ3) is 4.90. The molecule has 1 aromatic heterocycles. The minimum absolute atomic E-state index is 0. The molecule has 2 heterocycles. The Balaban J connectivity index is 0.00000289. The number of nitrogens with zero attached hydrogens (tertiary/aromatic N) is 4. The van der Waals surface area contributed by atoms with Gasteiger partial charge < -0.3 is 14.4 Å². The van der Waals surface area contributed by atoms with Crippen LogP contribution in [0.5, 0.6) is 5.75 Å². The van der Waals surface area contributed by atoms with Gasteiger partial charge in [-0.15, -0.1) is 12.4 Å². The molecular formula is C23H23ClN4O4. The molecule has 0 atom stereocenters. The van der Waals surface area contributed by atoms with Gasteiger partial charge in [0.25, 0.3) is 5.89 Å². The highest BCUT2D eigenvalue weighted by atomic mass is 35.5. The van der Waals surface area contributed by atoms with E-state index in [1.807, 2.05) is 36.9 Å². The lowest BCUT2D eigenvalue weighted by atomic mass is 9.94. The number of carbonyl (C=O) groups is 1. The second-order valence-electron chi connectivity index (χ2n) is 7.71. The number of carboxylic acids is 1. The molecule has 1 N–H and O–H groups in total. The molecule has 0 unspecified atom stereocenters. The van der Waals surface area contributed by atoms with Crippen molar-refractivity contribution in [1.29, 1.82) is 5.26 Å². The van der Waals surface area contributed by atoms with E-state index in [0.29, 0.717) is 48.1 Å². The molecule has 3 aromatic rings. The maximum atomic E-state index is 11.0. The van der Waals surface area contributed by atoms with Crippen molar-refractivity contribution in [2.75, 3.05) is 13.1 Å². The van der Waals surface area contributed by atoms with Crippen LogP contribution >= 0.6 is 12.4 Å². The fraction of sp³-hybridized carbons (Fsp3) is 0.304. The van der Waals surface area contributed by atoms with Crippen LogP contribution in [0.2, 0.25) is 0 Å². The number of benzene rings is 2. The van der Waals surface area contributed by atoms with Crippen LogP contribution in [0.3, 0.4) is 0 Å². The number of aliphatic carboxylic acids is 1. The van der Waals surface area contributed by atoms with E-state index in [1.165, 1.54) is 0 Å². The molecule has 8 nitrogen and oxygen atoms in total. The van der Waals surface area contributed by atoms with Crippen molar-refractivity contribution in [3.05, 3.63) is 53.1 Å². The molecule has 0 fully saturated rings. The highest BCUT2D eigenvalue weighted by Gasteiger charge is 2.23. The predicted molar refractivity (Wildman–Crippen MR) is 120 cm³/mol. The normalized spacial score (nSPS) is 13.2. The Bertz CT molecular complexity index is 1170. The third-order valence-corrected chi connectivity index (χ3v) is 5.08. The van der Waals surface area contributed by atoms with E-state index < -0.39 is 5.97 Å². The predicted octanol–water partition coefficient (Wildman–Crippen LogP) is 3.93. The number of ether oxygens (including phenoxy) is 1. The lowest BCUT2D eigenvalue weighted by Crippen LogP contribution is -2.34. The molecule has 1 aliphatic rings. The van der Waals surface area contributed by atoms with Crippen molar-refractivity contribution in [2.24, 2.45) is 0 Å². The molecule has 9 heteroatoms. The van der Waals surface area contributed by atoms with Gasteiger partial charge in [-0.2, -0.15) is 10.2 Å². The lowest BCUT2D eigenvalue weighted by molar-refractivity contribution is -0.138. The molecule has 1 aliphatic heterocycles. The van der Waals surface area contributed by atoms with E-state index in [-0.39, 0.29) is 25.1 Å². The Labute approximate surface area is 191 Å². The van der Waals surface area contributed by atoms with Crippen LogP contribution in [0.15, 0.2) is 40.9 Å². The molecule has 0 bridgehead atoms. The van der Waals surface area contributed by atoms with Crippen molar-refractivity contribution >= 4 is 18.4 Å². The summed E-state index contributed by atoms with van der Waals surface area (Å²) in [7, 11) is 0. The maximum absolute atomic E-state index is 11.0. The van der Waals surface area contributed by atoms with Gasteiger partial charge in [0.2, 0.25) is 5.82 Å². The second kappa shape index (κ2) is 9.81. The number of aromatic nitrogens is 2. The Morgan fingerprint density at radius 3 is 2.88 bits per heavy atom. The Morgan fingerprint density at radius 1 is 1.34 bits per heavy atom. The topological polar surface area (TPSA) is 112 Å². The summed E-state index contributed by atoms with van der Waals surface area (Å²) < 4.78 is 11.2. The first-order chi connectivity index (χ1) is 14.9. The standard InChI is InChI=1S/C23H22N4O4.ClH/c1-14(2)30-20-7-6-15(10-17(20)11-24)23-25-22(26-31-23)19-5-3-4-16-12-27(13-21(28)29)9-8-18(16)19;/h3-7,10,14H,8-9,12-13H2,1-2H3,(H,28,29);1H. The van der Waals surface area contributed by atoms with Crippen molar-refractivity contribution in [3.8, 4) is 34.7 Å². The number of rotatable bonds is 6. The minimum atomic E-state index is -0.830. The number of hydrogen-bond donors (Lipinski definition) is 1. The van der Waals surface area contributed by atoms with Crippen LogP contribution in [0, 0.1) is 11.3 Å². The average Bonchev–Trinajstić information content (AvgIpc) is 3.22. The maximum Gasteiger partial charge on any atom is 0.317 e. The smallest absolute Gasteiger partial charge is 0.317 e. The first kappa shape index (κ1) is 23.3. The molecule has 4 rings (SSSR count). The van der Waals surface area contributed by atoms with Gasteiger partial charge in [-0.3, -0.25) is 9.69 Å². The molecule has 0 radical (unpaired) electrons. The zero-order chi connectivity index (χ0) is 22.0. The highest BCUT2D eigenvalue weighted by molar-refractivity contribution is 5.85. The summed E-state index contributed by atoms with van der Waals surface area (Å²) in [6.07, 6.45) is 0.672. The Kier molecular flexibility index (Phi) is 7.13. The van der Waals surface area contributed by atoms with Crippen LogP contribution in [0.1, 0.15) is 30.5 Å². The van der Waals surface area contributed by atoms with Gasteiger partial charge in [-0.05, 0) is 49.6 Å². The number of carboxylic acid groups (broad SMARTS) is 1. The molecule has 2 aromatic carbocycles. The summed E-state index contributed by atoms with van der Waals surface area (Å²) in [5.74, 6) is 0.482. The van der Waals surface area contributed by atoms with Gasteiger partial charge in [0.05, 0.1) is 18.2 Å². The zero-order valence-corrected chi connectivity index (χ0v) is 18.6. The van der Waals surface area contributed by atoms with E-state index in [1.54, 1.807) is 18.2 Å². The minimum Gasteiger partial charge on any atom is -0.490 e. The summed E-state index contributed by atoms with van der Waals surface area (Å²) in [6, 6.07) is 13.2. The zero-order valence-electron chi connectivity index (χ0n) is 17.7. The van der Waals surface area contributed by atoms with Crippen LogP contribution in [0.4, 0.5) is 0 Å². The number of hydrogen-bond acceptors (Lipinski definition) is 7. The first-order valence-corrected chi connectivity index (χ1v) is 10.0. The fourth-order valence-electron chi connectivity index (χ4n) is 3.76. The SMILES string of the molecule is CC(C)Oc1ccc(-c2nc(-c3cccc4c3CCN(CC(=O)O)C4)no2)cc1C#N.Cl. The van der Waals surface area contributed by atoms with Crippen molar-refractivity contribution < 1.29 is 19.2 Å². The third-order valence-electron chi connectivity index (χ3n) is 5.08. The summed E-state index contributed by atoms with van der Waals surface area (Å²) >= 11 is 0. The summed E-state index contributed by atoms with van der Waals surface area (Å²) in [5.41, 5.74) is 4.10. The Morgan fingerprint density at radius 2 is 2.16 bits per heavy atom. The summed E-state index contributed by atoms with van der Waals surface area (Å²) in [6.45, 7) is 5.06. The van der Waals surface area contributed by atoms with Crippen molar-refractivity contribution in [3.63, 3.8) is 0 Å². The Hall–Kier alpha value is -3.41.